The molecule has 0 aliphatic carbocycles. The van der Waals surface area contributed by atoms with E-state index in [1.165, 1.54) is 12.1 Å². The highest BCUT2D eigenvalue weighted by atomic mass is 19.1. The van der Waals surface area contributed by atoms with Gasteiger partial charge in [0.05, 0.1) is 11.6 Å². The zero-order valence-corrected chi connectivity index (χ0v) is 16.7. The lowest BCUT2D eigenvalue weighted by Gasteiger charge is -2.47. The summed E-state index contributed by atoms with van der Waals surface area (Å²) in [6, 6.07) is 22.7. The molecule has 2 nitrogen and oxygen atoms in total. The quantitative estimate of drug-likeness (QED) is 0.614. The van der Waals surface area contributed by atoms with E-state index in [0.717, 1.165) is 18.4 Å². The molecule has 2 fully saturated rings. The predicted molar refractivity (Wildman–Crippen MR) is 113 cm³/mol. The Morgan fingerprint density at radius 3 is 1.70 bits per heavy atom. The Labute approximate surface area is 175 Å². The molecule has 154 valence electrons. The molecule has 0 amide bonds. The second-order valence-electron chi connectivity index (χ2n) is 8.58. The van der Waals surface area contributed by atoms with E-state index in [1.54, 1.807) is 36.4 Å². The molecule has 2 bridgehead atoms. The lowest BCUT2D eigenvalue weighted by molar-refractivity contribution is -0.0663. The van der Waals surface area contributed by atoms with E-state index in [1.807, 2.05) is 30.3 Å². The third kappa shape index (κ3) is 3.24. The monoisotopic (exact) mass is 405 g/mol. The van der Waals surface area contributed by atoms with Crippen LogP contribution in [0.2, 0.25) is 0 Å². The summed E-state index contributed by atoms with van der Waals surface area (Å²) in [5.74, 6) is -0.650. The van der Waals surface area contributed by atoms with E-state index < -0.39 is 11.6 Å². The summed E-state index contributed by atoms with van der Waals surface area (Å²) in [5.41, 5.74) is 1.00. The summed E-state index contributed by atoms with van der Waals surface area (Å²) in [4.78, 5) is 2.26. The van der Waals surface area contributed by atoms with Crippen LogP contribution < -0.4 is 0 Å². The van der Waals surface area contributed by atoms with Gasteiger partial charge in [0.2, 0.25) is 0 Å². The topological polar surface area (TPSA) is 23.5 Å². The molecule has 3 aromatic rings. The van der Waals surface area contributed by atoms with Crippen LogP contribution in [-0.2, 0) is 5.60 Å². The second-order valence-corrected chi connectivity index (χ2v) is 8.58. The number of aliphatic hydroxyl groups is 1. The first-order valence-corrected chi connectivity index (χ1v) is 10.6. The van der Waals surface area contributed by atoms with Crippen molar-refractivity contribution in [2.24, 2.45) is 0 Å². The van der Waals surface area contributed by atoms with Gasteiger partial charge in [-0.15, -0.1) is 0 Å². The van der Waals surface area contributed by atoms with Gasteiger partial charge in [-0.1, -0.05) is 66.7 Å². The highest BCUT2D eigenvalue weighted by molar-refractivity contribution is 5.36. The van der Waals surface area contributed by atoms with Crippen LogP contribution in [0.5, 0.6) is 0 Å². The molecule has 5 rings (SSSR count). The molecule has 1 N–H and O–H groups in total. The zero-order chi connectivity index (χ0) is 20.7. The van der Waals surface area contributed by atoms with E-state index >= 15 is 0 Å². The molecule has 2 saturated heterocycles. The van der Waals surface area contributed by atoms with Gasteiger partial charge in [-0.25, -0.2) is 8.78 Å². The first-order chi connectivity index (χ1) is 14.6. The molecule has 3 aromatic carbocycles. The fourth-order valence-corrected chi connectivity index (χ4v) is 5.55. The van der Waals surface area contributed by atoms with E-state index in [-0.39, 0.29) is 23.7 Å². The predicted octanol–water partition coefficient (Wildman–Crippen LogP) is 5.57. The number of piperidine rings is 1. The third-order valence-corrected chi connectivity index (χ3v) is 6.83. The van der Waals surface area contributed by atoms with Crippen molar-refractivity contribution in [2.75, 3.05) is 0 Å². The van der Waals surface area contributed by atoms with Crippen LogP contribution >= 0.6 is 0 Å². The van der Waals surface area contributed by atoms with Crippen LogP contribution in [0, 0.1) is 11.6 Å². The number of rotatable bonds is 4. The molecular weight excluding hydrogens is 380 g/mol. The maximum atomic E-state index is 14.9. The lowest BCUT2D eigenvalue weighted by Crippen LogP contribution is -2.51. The number of fused-ring (bicyclic) bond motifs is 2. The fourth-order valence-electron chi connectivity index (χ4n) is 5.55. The van der Waals surface area contributed by atoms with Crippen LogP contribution in [0.3, 0.4) is 0 Å². The minimum Gasteiger partial charge on any atom is -0.385 e. The molecule has 30 heavy (non-hydrogen) atoms. The van der Waals surface area contributed by atoms with Crippen molar-refractivity contribution in [1.29, 1.82) is 0 Å². The average Bonchev–Trinajstić information content (AvgIpc) is 3.02. The normalized spacial score (nSPS) is 26.3. The first kappa shape index (κ1) is 19.4. The van der Waals surface area contributed by atoms with Gasteiger partial charge < -0.3 is 5.11 Å². The fraction of sp³-hybridized carbons (Fsp3) is 0.308. The van der Waals surface area contributed by atoms with Crippen molar-refractivity contribution >= 4 is 0 Å². The lowest BCUT2D eigenvalue weighted by atomic mass is 9.79. The summed E-state index contributed by atoms with van der Waals surface area (Å²) in [5, 5.41) is 11.5. The highest BCUT2D eigenvalue weighted by Crippen LogP contribution is 2.50. The summed E-state index contributed by atoms with van der Waals surface area (Å²) in [6.45, 7) is 0. The van der Waals surface area contributed by atoms with Gasteiger partial charge >= 0.3 is 0 Å². The standard InChI is InChI=1S/C26H25F2NO/c27-23-12-6-4-10-21(23)25(22-11-5-7-13-24(22)28)29-19-14-15-20(29)17-26(30,16-19)18-8-2-1-3-9-18/h1-13,19-20,25,30H,14-17H2. The summed E-state index contributed by atoms with van der Waals surface area (Å²) in [6.07, 6.45) is 2.96. The van der Waals surface area contributed by atoms with E-state index in [2.05, 4.69) is 4.90 Å². The SMILES string of the molecule is OC1(c2ccccc2)CC2CCC(C1)N2C(c1ccccc1F)c1ccccc1F. The Kier molecular flexibility index (Phi) is 4.92. The van der Waals surface area contributed by atoms with Crippen molar-refractivity contribution in [3.8, 4) is 0 Å². The Morgan fingerprint density at radius 2 is 1.20 bits per heavy atom. The molecule has 0 spiro atoms. The number of benzene rings is 3. The van der Waals surface area contributed by atoms with Gasteiger partial charge in [0.25, 0.3) is 0 Å². The average molecular weight is 405 g/mol. The first-order valence-electron chi connectivity index (χ1n) is 10.6. The van der Waals surface area contributed by atoms with Crippen LogP contribution in [0.15, 0.2) is 78.9 Å². The Morgan fingerprint density at radius 1 is 0.733 bits per heavy atom. The maximum Gasteiger partial charge on any atom is 0.128 e. The molecule has 2 aliphatic rings. The molecule has 4 heteroatoms. The van der Waals surface area contributed by atoms with Crippen molar-refractivity contribution in [3.05, 3.63) is 107 Å². The molecule has 2 aliphatic heterocycles. The smallest absolute Gasteiger partial charge is 0.128 e. The van der Waals surface area contributed by atoms with Gasteiger partial charge in [-0.2, -0.15) is 0 Å². The molecule has 2 atom stereocenters. The van der Waals surface area contributed by atoms with Crippen molar-refractivity contribution in [3.63, 3.8) is 0 Å². The van der Waals surface area contributed by atoms with Crippen LogP contribution in [-0.4, -0.2) is 22.1 Å². The highest BCUT2D eigenvalue weighted by Gasteiger charge is 2.51. The van der Waals surface area contributed by atoms with Crippen molar-refractivity contribution < 1.29 is 13.9 Å². The van der Waals surface area contributed by atoms with Crippen LogP contribution in [0.4, 0.5) is 8.78 Å². The van der Waals surface area contributed by atoms with Gasteiger partial charge in [-0.3, -0.25) is 4.90 Å². The Balaban J connectivity index is 1.57. The van der Waals surface area contributed by atoms with Crippen molar-refractivity contribution in [1.82, 2.24) is 4.90 Å². The molecule has 0 saturated carbocycles. The molecular formula is C26H25F2NO. The second kappa shape index (κ2) is 7.60. The van der Waals surface area contributed by atoms with E-state index in [0.29, 0.717) is 24.0 Å². The number of hydrogen-bond donors (Lipinski definition) is 1. The summed E-state index contributed by atoms with van der Waals surface area (Å²) >= 11 is 0. The number of halogens is 2. The number of hydrogen-bond acceptors (Lipinski definition) is 2. The molecule has 0 aromatic heterocycles. The zero-order valence-electron chi connectivity index (χ0n) is 16.7. The molecule has 0 radical (unpaired) electrons. The minimum atomic E-state index is -0.904. The molecule has 2 heterocycles. The van der Waals surface area contributed by atoms with Crippen LogP contribution in [0.25, 0.3) is 0 Å². The third-order valence-electron chi connectivity index (χ3n) is 6.83. The summed E-state index contributed by atoms with van der Waals surface area (Å²) < 4.78 is 29.8. The Bertz CT molecular complexity index is 978. The van der Waals surface area contributed by atoms with Gasteiger partial charge in [0.15, 0.2) is 0 Å². The number of nitrogens with zero attached hydrogens (tertiary/aromatic N) is 1. The summed E-state index contributed by atoms with van der Waals surface area (Å²) in [7, 11) is 0. The largest absolute Gasteiger partial charge is 0.385 e. The van der Waals surface area contributed by atoms with E-state index in [9.17, 15) is 13.9 Å². The Hall–Kier alpha value is -2.56. The molecule has 2 unspecified atom stereocenters. The van der Waals surface area contributed by atoms with Gasteiger partial charge in [0.1, 0.15) is 11.6 Å². The minimum absolute atomic E-state index is 0.0539. The maximum absolute atomic E-state index is 14.9. The van der Waals surface area contributed by atoms with Crippen LogP contribution in [0.1, 0.15) is 48.4 Å². The van der Waals surface area contributed by atoms with Gasteiger partial charge in [0, 0.05) is 23.2 Å². The van der Waals surface area contributed by atoms with E-state index in [4.69, 9.17) is 0 Å². The van der Waals surface area contributed by atoms with Gasteiger partial charge in [-0.05, 0) is 43.4 Å². The van der Waals surface area contributed by atoms with Crippen molar-refractivity contribution in [2.45, 2.75) is 49.4 Å².